The first-order valence-electron chi connectivity index (χ1n) is 10.8. The van der Waals surface area contributed by atoms with E-state index >= 15 is 0 Å². The summed E-state index contributed by atoms with van der Waals surface area (Å²) < 4.78 is 0. The molecular weight excluding hydrogens is 388 g/mol. The van der Waals surface area contributed by atoms with Crippen LogP contribution in [0, 0.1) is 11.8 Å². The van der Waals surface area contributed by atoms with Gasteiger partial charge in [0.1, 0.15) is 5.82 Å². The van der Waals surface area contributed by atoms with Gasteiger partial charge in [0.05, 0.1) is 18.3 Å². The van der Waals surface area contributed by atoms with Crippen LogP contribution < -0.4 is 5.32 Å². The number of hydrogen-bond donors (Lipinski definition) is 2. The van der Waals surface area contributed by atoms with Crippen LogP contribution >= 0.6 is 0 Å². The van der Waals surface area contributed by atoms with Crippen LogP contribution in [0.15, 0.2) is 73.2 Å². The second-order valence-electron chi connectivity index (χ2n) is 8.52. The predicted octanol–water partition coefficient (Wildman–Crippen LogP) is 3.47. The highest BCUT2D eigenvalue weighted by molar-refractivity contribution is 6.01. The molecule has 1 amide bonds. The molecular formula is C25H26N4O2. The summed E-state index contributed by atoms with van der Waals surface area (Å²) in [4.78, 5) is 23.8. The molecule has 2 fully saturated rings. The standard InChI is InChI=1S/C25H26N4O2/c30-23-13-19-16-29(15-18(19)12-22(23)28-24-14-26-10-11-27-24)25(31)21-9-5-4-8-20(21)17-6-2-1-3-7-17/h1-11,14,18-19,22-23,30H,12-13,15-16H2,(H,27,28)/t18-,19+,22-,23-/m1/s1. The Kier molecular flexibility index (Phi) is 5.38. The molecule has 158 valence electrons. The Bertz CT molecular complexity index is 1040. The van der Waals surface area contributed by atoms with Crippen molar-refractivity contribution >= 4 is 11.7 Å². The van der Waals surface area contributed by atoms with Gasteiger partial charge in [0.25, 0.3) is 5.91 Å². The van der Waals surface area contributed by atoms with E-state index in [1.807, 2.05) is 59.5 Å². The number of hydrogen-bond acceptors (Lipinski definition) is 5. The second kappa shape index (κ2) is 8.47. The maximum absolute atomic E-state index is 13.5. The summed E-state index contributed by atoms with van der Waals surface area (Å²) in [5, 5.41) is 14.0. The van der Waals surface area contributed by atoms with Gasteiger partial charge < -0.3 is 15.3 Å². The fourth-order valence-electron chi connectivity index (χ4n) is 5.02. The van der Waals surface area contributed by atoms with Crippen LogP contribution in [0.2, 0.25) is 0 Å². The zero-order valence-electron chi connectivity index (χ0n) is 17.3. The molecule has 6 heteroatoms. The minimum Gasteiger partial charge on any atom is -0.391 e. The highest BCUT2D eigenvalue weighted by Gasteiger charge is 2.43. The summed E-state index contributed by atoms with van der Waals surface area (Å²) in [6.45, 7) is 1.42. The monoisotopic (exact) mass is 414 g/mol. The van der Waals surface area contributed by atoms with Crippen molar-refractivity contribution in [1.82, 2.24) is 14.9 Å². The molecule has 0 spiro atoms. The van der Waals surface area contributed by atoms with Gasteiger partial charge >= 0.3 is 0 Å². The molecule has 2 heterocycles. The minimum atomic E-state index is -0.463. The van der Waals surface area contributed by atoms with Gasteiger partial charge in [0, 0.05) is 31.0 Å². The summed E-state index contributed by atoms with van der Waals surface area (Å²) in [6, 6.07) is 17.8. The maximum atomic E-state index is 13.5. The molecule has 1 saturated carbocycles. The molecule has 6 nitrogen and oxygen atoms in total. The lowest BCUT2D eigenvalue weighted by Crippen LogP contribution is -2.43. The third-order valence-electron chi connectivity index (χ3n) is 6.57. The van der Waals surface area contributed by atoms with E-state index in [2.05, 4.69) is 15.3 Å². The van der Waals surface area contributed by atoms with E-state index in [4.69, 9.17) is 0 Å². The number of benzene rings is 2. The molecule has 31 heavy (non-hydrogen) atoms. The number of amides is 1. The third kappa shape index (κ3) is 4.03. The number of anilines is 1. The SMILES string of the molecule is O=C(c1ccccc1-c1ccccc1)N1C[C@H]2C[C@@H](Nc3cnccn3)[C@H](O)C[C@H]2C1. The number of likely N-dealkylation sites (tertiary alicyclic amines) is 1. The molecule has 4 atom stereocenters. The smallest absolute Gasteiger partial charge is 0.254 e. The second-order valence-corrected chi connectivity index (χ2v) is 8.52. The predicted molar refractivity (Wildman–Crippen MR) is 119 cm³/mol. The van der Waals surface area contributed by atoms with Crippen molar-refractivity contribution in [3.05, 3.63) is 78.8 Å². The van der Waals surface area contributed by atoms with Crippen molar-refractivity contribution in [2.45, 2.75) is 25.0 Å². The number of carbonyl (C=O) groups is 1. The van der Waals surface area contributed by atoms with Gasteiger partial charge in [0.2, 0.25) is 0 Å². The fourth-order valence-corrected chi connectivity index (χ4v) is 5.02. The van der Waals surface area contributed by atoms with Crippen molar-refractivity contribution in [3.8, 4) is 11.1 Å². The van der Waals surface area contributed by atoms with E-state index in [0.29, 0.717) is 30.6 Å². The number of aromatic nitrogens is 2. The molecule has 2 aromatic carbocycles. The van der Waals surface area contributed by atoms with Gasteiger partial charge in [-0.25, -0.2) is 4.98 Å². The summed E-state index contributed by atoms with van der Waals surface area (Å²) in [5.74, 6) is 1.43. The average Bonchev–Trinajstić information content (AvgIpc) is 3.23. The Labute approximate surface area is 182 Å². The van der Waals surface area contributed by atoms with Gasteiger partial charge in [-0.3, -0.25) is 9.78 Å². The van der Waals surface area contributed by atoms with Crippen molar-refractivity contribution in [2.24, 2.45) is 11.8 Å². The van der Waals surface area contributed by atoms with Gasteiger partial charge in [-0.1, -0.05) is 48.5 Å². The number of nitrogens with one attached hydrogen (secondary N) is 1. The van der Waals surface area contributed by atoms with E-state index in [0.717, 1.165) is 29.7 Å². The van der Waals surface area contributed by atoms with E-state index in [1.165, 1.54) is 0 Å². The number of aliphatic hydroxyl groups excluding tert-OH is 1. The maximum Gasteiger partial charge on any atom is 0.254 e. The molecule has 1 aromatic heterocycles. The molecule has 5 rings (SSSR count). The molecule has 1 aliphatic heterocycles. The van der Waals surface area contributed by atoms with Crippen LogP contribution in [0.3, 0.4) is 0 Å². The average molecular weight is 415 g/mol. The van der Waals surface area contributed by atoms with Crippen molar-refractivity contribution in [1.29, 1.82) is 0 Å². The van der Waals surface area contributed by atoms with Crippen molar-refractivity contribution < 1.29 is 9.90 Å². The topological polar surface area (TPSA) is 78.4 Å². The van der Waals surface area contributed by atoms with Gasteiger partial charge in [0.15, 0.2) is 0 Å². The number of fused-ring (bicyclic) bond motifs is 1. The largest absolute Gasteiger partial charge is 0.391 e. The molecule has 0 radical (unpaired) electrons. The Hall–Kier alpha value is -3.25. The Morgan fingerprint density at radius 2 is 1.71 bits per heavy atom. The summed E-state index contributed by atoms with van der Waals surface area (Å²) >= 11 is 0. The number of carbonyl (C=O) groups excluding carboxylic acids is 1. The highest BCUT2D eigenvalue weighted by atomic mass is 16.3. The first-order valence-corrected chi connectivity index (χ1v) is 10.8. The third-order valence-corrected chi connectivity index (χ3v) is 6.57. The normalized spacial score (nSPS) is 25.1. The quantitative estimate of drug-likeness (QED) is 0.684. The number of nitrogens with zero attached hydrogens (tertiary/aromatic N) is 3. The first-order chi connectivity index (χ1) is 15.2. The van der Waals surface area contributed by atoms with Crippen molar-refractivity contribution in [2.75, 3.05) is 18.4 Å². The summed E-state index contributed by atoms with van der Waals surface area (Å²) in [7, 11) is 0. The van der Waals surface area contributed by atoms with Crippen LogP contribution in [0.5, 0.6) is 0 Å². The van der Waals surface area contributed by atoms with E-state index < -0.39 is 6.10 Å². The van der Waals surface area contributed by atoms with E-state index in [1.54, 1.807) is 18.6 Å². The molecule has 0 unspecified atom stereocenters. The molecule has 2 aliphatic rings. The minimum absolute atomic E-state index is 0.0711. The van der Waals surface area contributed by atoms with Crippen LogP contribution in [-0.2, 0) is 0 Å². The van der Waals surface area contributed by atoms with Gasteiger partial charge in [-0.15, -0.1) is 0 Å². The lowest BCUT2D eigenvalue weighted by molar-refractivity contribution is 0.0727. The van der Waals surface area contributed by atoms with E-state index in [-0.39, 0.29) is 11.9 Å². The zero-order chi connectivity index (χ0) is 21.2. The summed E-state index contributed by atoms with van der Waals surface area (Å²) in [6.07, 6.45) is 5.98. The van der Waals surface area contributed by atoms with Gasteiger partial charge in [-0.2, -0.15) is 0 Å². The van der Waals surface area contributed by atoms with Crippen molar-refractivity contribution in [3.63, 3.8) is 0 Å². The molecule has 1 aliphatic carbocycles. The molecule has 1 saturated heterocycles. The van der Waals surface area contributed by atoms with Crippen LogP contribution in [-0.4, -0.2) is 51.1 Å². The first kappa shape index (κ1) is 19.7. The van der Waals surface area contributed by atoms with Crippen LogP contribution in [0.25, 0.3) is 11.1 Å². The number of rotatable bonds is 4. The molecule has 3 aromatic rings. The molecule has 2 N–H and O–H groups in total. The molecule has 0 bridgehead atoms. The van der Waals surface area contributed by atoms with Gasteiger partial charge in [-0.05, 0) is 41.9 Å². The summed E-state index contributed by atoms with van der Waals surface area (Å²) in [5.41, 5.74) is 2.75. The van der Waals surface area contributed by atoms with Crippen LogP contribution in [0.1, 0.15) is 23.2 Å². The lowest BCUT2D eigenvalue weighted by Gasteiger charge is -2.35. The highest BCUT2D eigenvalue weighted by Crippen LogP contribution is 2.38. The van der Waals surface area contributed by atoms with E-state index in [9.17, 15) is 9.90 Å². The fraction of sp³-hybridized carbons (Fsp3) is 0.320. The van der Waals surface area contributed by atoms with Crippen LogP contribution in [0.4, 0.5) is 5.82 Å². The zero-order valence-corrected chi connectivity index (χ0v) is 17.3. The Morgan fingerprint density at radius 3 is 2.48 bits per heavy atom. The Balaban J connectivity index is 1.32. The lowest BCUT2D eigenvalue weighted by atomic mass is 9.77. The Morgan fingerprint density at radius 1 is 0.968 bits per heavy atom. The number of aliphatic hydroxyl groups is 1.